The number of benzene rings is 3. The number of sulfonamides is 1. The molecule has 0 heterocycles. The first kappa shape index (κ1) is 23.3. The number of esters is 1. The minimum absolute atomic E-state index is 0.0141. The zero-order valence-corrected chi connectivity index (χ0v) is 19.0. The predicted molar refractivity (Wildman–Crippen MR) is 124 cm³/mol. The Bertz CT molecular complexity index is 1220. The first-order chi connectivity index (χ1) is 15.2. The van der Waals surface area contributed by atoms with Crippen molar-refractivity contribution in [1.29, 1.82) is 0 Å². The van der Waals surface area contributed by atoms with Gasteiger partial charge < -0.3 is 9.64 Å². The lowest BCUT2D eigenvalue weighted by Crippen LogP contribution is -2.31. The fourth-order valence-electron chi connectivity index (χ4n) is 2.85. The summed E-state index contributed by atoms with van der Waals surface area (Å²) in [6.45, 7) is -0.526. The third kappa shape index (κ3) is 5.09. The molecule has 0 saturated heterocycles. The maximum atomic E-state index is 13.0. The molecule has 3 aromatic rings. The lowest BCUT2D eigenvalue weighted by atomic mass is 10.2. The number of nitrogens with zero attached hydrogens (tertiary/aromatic N) is 2. The maximum absolute atomic E-state index is 13.0. The van der Waals surface area contributed by atoms with Crippen molar-refractivity contribution in [1.82, 2.24) is 0 Å². The summed E-state index contributed by atoms with van der Waals surface area (Å²) in [7, 11) is -0.981. The van der Waals surface area contributed by atoms with E-state index in [9.17, 15) is 18.0 Å². The van der Waals surface area contributed by atoms with E-state index >= 15 is 0 Å². The predicted octanol–water partition coefficient (Wildman–Crippen LogP) is 3.98. The molecule has 3 aromatic carbocycles. The van der Waals surface area contributed by atoms with Gasteiger partial charge in [-0.05, 0) is 42.5 Å². The second-order valence-electron chi connectivity index (χ2n) is 6.81. The lowest BCUT2D eigenvalue weighted by Gasteiger charge is -2.20. The first-order valence-corrected chi connectivity index (χ1v) is 11.4. The minimum Gasteiger partial charge on any atom is -0.452 e. The molecule has 0 aliphatic rings. The highest BCUT2D eigenvalue weighted by molar-refractivity contribution is 7.92. The van der Waals surface area contributed by atoms with Crippen LogP contribution >= 0.6 is 11.6 Å². The van der Waals surface area contributed by atoms with E-state index in [1.54, 1.807) is 61.6 Å². The van der Waals surface area contributed by atoms with Crippen LogP contribution < -0.4 is 9.21 Å². The smallest absolute Gasteiger partial charge is 0.340 e. The van der Waals surface area contributed by atoms with Gasteiger partial charge in [0.25, 0.3) is 15.9 Å². The van der Waals surface area contributed by atoms with Crippen LogP contribution in [0.1, 0.15) is 10.4 Å². The van der Waals surface area contributed by atoms with E-state index in [2.05, 4.69) is 0 Å². The number of carbonyl (C=O) groups excluding carboxylic acids is 2. The van der Waals surface area contributed by atoms with Crippen LogP contribution in [0.2, 0.25) is 5.02 Å². The molecular formula is C23H21ClN2O5S. The van der Waals surface area contributed by atoms with Crippen molar-refractivity contribution < 1.29 is 22.7 Å². The molecule has 0 fully saturated rings. The number of hydrogen-bond donors (Lipinski definition) is 0. The Hall–Kier alpha value is -3.36. The van der Waals surface area contributed by atoms with Crippen molar-refractivity contribution >= 4 is 44.9 Å². The van der Waals surface area contributed by atoms with Crippen LogP contribution in [0.3, 0.4) is 0 Å². The molecule has 0 atom stereocenters. The van der Waals surface area contributed by atoms with Gasteiger partial charge in [0.2, 0.25) is 0 Å². The summed E-state index contributed by atoms with van der Waals surface area (Å²) in [5, 5.41) is 0.0141. The SMILES string of the molecule is CN(C(=O)COC(=O)c1cc(S(=O)(=O)N(C)c2ccccc2)ccc1Cl)c1ccccc1. The molecule has 32 heavy (non-hydrogen) atoms. The average Bonchev–Trinajstić information content (AvgIpc) is 2.82. The Balaban J connectivity index is 1.76. The summed E-state index contributed by atoms with van der Waals surface area (Å²) in [6.07, 6.45) is 0. The molecule has 3 rings (SSSR count). The summed E-state index contributed by atoms with van der Waals surface area (Å²) >= 11 is 6.11. The fourth-order valence-corrected chi connectivity index (χ4v) is 4.27. The van der Waals surface area contributed by atoms with Crippen LogP contribution in [0.4, 0.5) is 11.4 Å². The van der Waals surface area contributed by atoms with Crippen molar-refractivity contribution in [2.24, 2.45) is 0 Å². The average molecular weight is 473 g/mol. The molecule has 1 amide bonds. The Morgan fingerprint density at radius 3 is 2.03 bits per heavy atom. The molecule has 0 unspecified atom stereocenters. The highest BCUT2D eigenvalue weighted by Crippen LogP contribution is 2.26. The number of para-hydroxylation sites is 2. The number of ether oxygens (including phenoxy) is 1. The van der Waals surface area contributed by atoms with Crippen molar-refractivity contribution in [2.75, 3.05) is 29.9 Å². The van der Waals surface area contributed by atoms with Gasteiger partial charge in [-0.2, -0.15) is 0 Å². The molecule has 0 aliphatic carbocycles. The molecular weight excluding hydrogens is 452 g/mol. The Morgan fingerprint density at radius 1 is 0.875 bits per heavy atom. The Labute approximate surface area is 191 Å². The van der Waals surface area contributed by atoms with E-state index < -0.39 is 28.5 Å². The number of hydrogen-bond acceptors (Lipinski definition) is 5. The van der Waals surface area contributed by atoms with Gasteiger partial charge in [-0.3, -0.25) is 9.10 Å². The monoisotopic (exact) mass is 472 g/mol. The molecule has 0 aromatic heterocycles. The van der Waals surface area contributed by atoms with E-state index in [1.807, 2.05) is 6.07 Å². The van der Waals surface area contributed by atoms with Gasteiger partial charge in [-0.1, -0.05) is 48.0 Å². The largest absolute Gasteiger partial charge is 0.452 e. The molecule has 0 spiro atoms. The zero-order valence-electron chi connectivity index (χ0n) is 17.4. The zero-order chi connectivity index (χ0) is 23.3. The summed E-state index contributed by atoms with van der Waals surface area (Å²) in [5.41, 5.74) is 0.953. The van der Waals surface area contributed by atoms with Crippen LogP contribution in [0.25, 0.3) is 0 Å². The summed E-state index contributed by atoms with van der Waals surface area (Å²) in [6, 6.07) is 21.1. The van der Waals surface area contributed by atoms with Crippen LogP contribution in [0.15, 0.2) is 83.8 Å². The third-order valence-electron chi connectivity index (χ3n) is 4.78. The van der Waals surface area contributed by atoms with Crippen LogP contribution in [-0.4, -0.2) is 41.0 Å². The van der Waals surface area contributed by atoms with E-state index in [4.69, 9.17) is 16.3 Å². The van der Waals surface area contributed by atoms with E-state index in [0.717, 1.165) is 10.4 Å². The van der Waals surface area contributed by atoms with Gasteiger partial charge in [0, 0.05) is 19.8 Å². The topological polar surface area (TPSA) is 84.0 Å². The quantitative estimate of drug-likeness (QED) is 0.485. The fraction of sp³-hybridized carbons (Fsp3) is 0.130. The number of carbonyl (C=O) groups is 2. The molecule has 0 bridgehead atoms. The van der Waals surface area contributed by atoms with Gasteiger partial charge in [0.1, 0.15) is 0 Å². The highest BCUT2D eigenvalue weighted by atomic mass is 35.5. The van der Waals surface area contributed by atoms with Gasteiger partial charge >= 0.3 is 5.97 Å². The molecule has 166 valence electrons. The van der Waals surface area contributed by atoms with E-state index in [0.29, 0.717) is 11.4 Å². The van der Waals surface area contributed by atoms with Gasteiger partial charge in [-0.25, -0.2) is 13.2 Å². The molecule has 0 radical (unpaired) electrons. The standard InChI is InChI=1S/C23H21ClN2O5S/c1-25(17-9-5-3-6-10-17)22(27)16-31-23(28)20-15-19(13-14-21(20)24)32(29,30)26(2)18-11-7-4-8-12-18/h3-15H,16H2,1-2H3. The second kappa shape index (κ2) is 9.84. The van der Waals surface area contributed by atoms with Crippen LogP contribution in [0.5, 0.6) is 0 Å². The van der Waals surface area contributed by atoms with Crippen molar-refractivity contribution in [3.8, 4) is 0 Å². The van der Waals surface area contributed by atoms with Gasteiger partial charge in [0.15, 0.2) is 6.61 Å². The van der Waals surface area contributed by atoms with Gasteiger partial charge in [0.05, 0.1) is 21.2 Å². The van der Waals surface area contributed by atoms with Gasteiger partial charge in [-0.15, -0.1) is 0 Å². The number of halogens is 1. The Kier molecular flexibility index (Phi) is 7.17. The van der Waals surface area contributed by atoms with E-state index in [-0.39, 0.29) is 15.5 Å². The van der Waals surface area contributed by atoms with Crippen molar-refractivity contribution in [3.05, 3.63) is 89.4 Å². The molecule has 0 N–H and O–H groups in total. The maximum Gasteiger partial charge on any atom is 0.340 e. The normalized spacial score (nSPS) is 11.0. The number of anilines is 2. The number of likely N-dealkylation sites (N-methyl/N-ethyl adjacent to an activating group) is 1. The molecule has 0 saturated carbocycles. The summed E-state index contributed by atoms with van der Waals surface area (Å²) in [4.78, 5) is 26.1. The Morgan fingerprint density at radius 2 is 1.44 bits per heavy atom. The van der Waals surface area contributed by atoms with Crippen LogP contribution in [0, 0.1) is 0 Å². The van der Waals surface area contributed by atoms with Crippen molar-refractivity contribution in [3.63, 3.8) is 0 Å². The third-order valence-corrected chi connectivity index (χ3v) is 6.89. The second-order valence-corrected chi connectivity index (χ2v) is 9.19. The first-order valence-electron chi connectivity index (χ1n) is 9.54. The van der Waals surface area contributed by atoms with Crippen molar-refractivity contribution in [2.45, 2.75) is 4.90 Å². The molecule has 9 heteroatoms. The summed E-state index contributed by atoms with van der Waals surface area (Å²) in [5.74, 6) is -1.35. The molecule has 7 nitrogen and oxygen atoms in total. The highest BCUT2D eigenvalue weighted by Gasteiger charge is 2.24. The van der Waals surface area contributed by atoms with E-state index in [1.165, 1.54) is 24.1 Å². The summed E-state index contributed by atoms with van der Waals surface area (Å²) < 4.78 is 32.2. The lowest BCUT2D eigenvalue weighted by molar-refractivity contribution is -0.121. The molecule has 0 aliphatic heterocycles. The minimum atomic E-state index is -3.95. The number of rotatable bonds is 7. The van der Waals surface area contributed by atoms with Crippen LogP contribution in [-0.2, 0) is 19.6 Å². The number of amides is 1.